The monoisotopic (exact) mass is 249 g/mol. The van der Waals surface area contributed by atoms with Crippen molar-refractivity contribution in [1.82, 2.24) is 15.3 Å². The molecule has 1 N–H and O–H groups in total. The first-order valence-corrected chi connectivity index (χ1v) is 6.67. The lowest BCUT2D eigenvalue weighted by atomic mass is 10.00. The summed E-state index contributed by atoms with van der Waals surface area (Å²) in [7, 11) is 3.72. The minimum atomic E-state index is -0.242. The molecule has 0 unspecified atom stereocenters. The fraction of sp³-hybridized carbons (Fsp3) is 0.714. The molecule has 1 aliphatic rings. The highest BCUT2D eigenvalue weighted by atomic mass is 16.5. The number of hydrogen-bond acceptors (Lipinski definition) is 4. The van der Waals surface area contributed by atoms with Gasteiger partial charge in [-0.1, -0.05) is 0 Å². The first kappa shape index (κ1) is 13.4. The van der Waals surface area contributed by atoms with Gasteiger partial charge in [-0.2, -0.15) is 0 Å². The third kappa shape index (κ3) is 2.27. The molecule has 1 saturated carbocycles. The fourth-order valence-corrected chi connectivity index (χ4v) is 2.84. The van der Waals surface area contributed by atoms with E-state index in [9.17, 15) is 0 Å². The lowest BCUT2D eigenvalue weighted by Gasteiger charge is -2.26. The van der Waals surface area contributed by atoms with Crippen molar-refractivity contribution in [1.29, 1.82) is 0 Å². The topological polar surface area (TPSA) is 47.0 Å². The van der Waals surface area contributed by atoms with E-state index in [1.54, 1.807) is 7.11 Å². The Bertz CT molecular complexity index is 402. The summed E-state index contributed by atoms with van der Waals surface area (Å²) in [6.07, 6.45) is 4.47. The van der Waals surface area contributed by atoms with Crippen LogP contribution < -0.4 is 5.32 Å². The van der Waals surface area contributed by atoms with Gasteiger partial charge in [0, 0.05) is 30.6 Å². The van der Waals surface area contributed by atoms with Crippen molar-refractivity contribution in [3.8, 4) is 0 Å². The average molecular weight is 249 g/mol. The van der Waals surface area contributed by atoms with Crippen LogP contribution >= 0.6 is 0 Å². The Kier molecular flexibility index (Phi) is 3.97. The van der Waals surface area contributed by atoms with Gasteiger partial charge in [0.2, 0.25) is 0 Å². The van der Waals surface area contributed by atoms with Gasteiger partial charge in [-0.05, 0) is 46.6 Å². The Morgan fingerprint density at radius 3 is 2.17 bits per heavy atom. The van der Waals surface area contributed by atoms with Gasteiger partial charge in [0.25, 0.3) is 0 Å². The maximum atomic E-state index is 5.75. The van der Waals surface area contributed by atoms with Gasteiger partial charge in [0.05, 0.1) is 0 Å². The van der Waals surface area contributed by atoms with Crippen LogP contribution in [0.5, 0.6) is 0 Å². The molecule has 0 saturated heterocycles. The van der Waals surface area contributed by atoms with Crippen molar-refractivity contribution in [3.05, 3.63) is 22.8 Å². The summed E-state index contributed by atoms with van der Waals surface area (Å²) >= 11 is 0. The second kappa shape index (κ2) is 5.33. The molecule has 0 amide bonds. The number of ether oxygens (including phenoxy) is 1. The fourth-order valence-electron chi connectivity index (χ4n) is 2.84. The summed E-state index contributed by atoms with van der Waals surface area (Å²) in [6.45, 7) is 4.93. The number of aromatic nitrogens is 2. The Hall–Kier alpha value is -1.00. The molecule has 100 valence electrons. The maximum absolute atomic E-state index is 5.75. The number of nitrogens with zero attached hydrogens (tertiary/aromatic N) is 2. The second-order valence-electron chi connectivity index (χ2n) is 5.13. The predicted octanol–water partition coefficient (Wildman–Crippen LogP) is 2.23. The number of methoxy groups -OCH3 is 1. The number of rotatable bonds is 4. The van der Waals surface area contributed by atoms with Crippen LogP contribution in [-0.2, 0) is 16.9 Å². The van der Waals surface area contributed by atoms with Crippen LogP contribution in [0, 0.1) is 13.8 Å². The lowest BCUT2D eigenvalue weighted by molar-refractivity contribution is -0.0166. The van der Waals surface area contributed by atoms with E-state index < -0.39 is 0 Å². The van der Waals surface area contributed by atoms with Gasteiger partial charge in [0.15, 0.2) is 5.82 Å². The third-order valence-electron chi connectivity index (χ3n) is 3.98. The van der Waals surface area contributed by atoms with Crippen molar-refractivity contribution in [2.75, 3.05) is 14.2 Å². The summed E-state index contributed by atoms with van der Waals surface area (Å²) in [6, 6.07) is 0. The molecule has 4 nitrogen and oxygen atoms in total. The minimum Gasteiger partial charge on any atom is -0.370 e. The van der Waals surface area contributed by atoms with Crippen molar-refractivity contribution < 1.29 is 4.74 Å². The maximum Gasteiger partial charge on any atom is 0.160 e. The number of aryl methyl sites for hydroxylation is 2. The van der Waals surface area contributed by atoms with E-state index in [4.69, 9.17) is 14.7 Å². The largest absolute Gasteiger partial charge is 0.370 e. The molecular formula is C14H23N3O. The Balaban J connectivity index is 2.40. The summed E-state index contributed by atoms with van der Waals surface area (Å²) < 4.78 is 5.75. The van der Waals surface area contributed by atoms with E-state index in [0.717, 1.165) is 36.6 Å². The summed E-state index contributed by atoms with van der Waals surface area (Å²) in [5.41, 5.74) is 3.09. The van der Waals surface area contributed by atoms with Crippen molar-refractivity contribution in [2.45, 2.75) is 51.7 Å². The molecule has 1 aliphatic carbocycles. The summed E-state index contributed by atoms with van der Waals surface area (Å²) in [5.74, 6) is 0.873. The van der Waals surface area contributed by atoms with E-state index in [2.05, 4.69) is 19.2 Å². The van der Waals surface area contributed by atoms with Crippen molar-refractivity contribution in [3.63, 3.8) is 0 Å². The highest BCUT2D eigenvalue weighted by Gasteiger charge is 2.38. The molecule has 0 aliphatic heterocycles. The first-order chi connectivity index (χ1) is 8.63. The van der Waals surface area contributed by atoms with Crippen molar-refractivity contribution >= 4 is 0 Å². The van der Waals surface area contributed by atoms with E-state index in [-0.39, 0.29) is 5.60 Å². The predicted molar refractivity (Wildman–Crippen MR) is 71.4 cm³/mol. The first-order valence-electron chi connectivity index (χ1n) is 6.67. The Morgan fingerprint density at radius 2 is 1.72 bits per heavy atom. The van der Waals surface area contributed by atoms with Crippen LogP contribution in [-0.4, -0.2) is 24.1 Å². The molecule has 0 spiro atoms. The van der Waals surface area contributed by atoms with Gasteiger partial charge < -0.3 is 10.1 Å². The minimum absolute atomic E-state index is 0.242. The van der Waals surface area contributed by atoms with Gasteiger partial charge in [0.1, 0.15) is 5.60 Å². The van der Waals surface area contributed by atoms with E-state index in [1.807, 2.05) is 7.05 Å². The quantitative estimate of drug-likeness (QED) is 0.889. The molecule has 1 heterocycles. The Morgan fingerprint density at radius 1 is 1.17 bits per heavy atom. The van der Waals surface area contributed by atoms with E-state index >= 15 is 0 Å². The van der Waals surface area contributed by atoms with Gasteiger partial charge in [-0.25, -0.2) is 9.97 Å². The van der Waals surface area contributed by atoms with Gasteiger partial charge in [-0.15, -0.1) is 0 Å². The van der Waals surface area contributed by atoms with Gasteiger partial charge >= 0.3 is 0 Å². The normalized spacial score (nSPS) is 18.2. The summed E-state index contributed by atoms with van der Waals surface area (Å²) in [5, 5.41) is 3.17. The molecule has 1 aromatic rings. The molecule has 2 rings (SSSR count). The second-order valence-corrected chi connectivity index (χ2v) is 5.13. The highest BCUT2D eigenvalue weighted by molar-refractivity contribution is 5.26. The highest BCUT2D eigenvalue weighted by Crippen LogP contribution is 2.40. The van der Waals surface area contributed by atoms with Crippen LogP contribution in [0.3, 0.4) is 0 Å². The molecule has 0 radical (unpaired) electrons. The van der Waals surface area contributed by atoms with E-state index in [0.29, 0.717) is 0 Å². The van der Waals surface area contributed by atoms with Crippen LogP contribution in [0.2, 0.25) is 0 Å². The SMILES string of the molecule is CNCc1c(C)nc(C2(OC)CCCC2)nc1C. The number of hydrogen-bond donors (Lipinski definition) is 1. The Labute approximate surface area is 109 Å². The number of nitrogens with one attached hydrogen (secondary N) is 1. The molecule has 0 aromatic carbocycles. The molecule has 1 aromatic heterocycles. The van der Waals surface area contributed by atoms with E-state index in [1.165, 1.54) is 18.4 Å². The van der Waals surface area contributed by atoms with Crippen LogP contribution in [0.1, 0.15) is 48.5 Å². The average Bonchev–Trinajstić information content (AvgIpc) is 2.83. The smallest absolute Gasteiger partial charge is 0.160 e. The zero-order valence-electron chi connectivity index (χ0n) is 11.8. The summed E-state index contributed by atoms with van der Waals surface area (Å²) in [4.78, 5) is 9.40. The standard InChI is InChI=1S/C14H23N3O/c1-10-12(9-15-3)11(2)17-13(16-10)14(18-4)7-5-6-8-14/h15H,5-9H2,1-4H3. The van der Waals surface area contributed by atoms with Crippen LogP contribution in [0.4, 0.5) is 0 Å². The third-order valence-corrected chi connectivity index (χ3v) is 3.98. The van der Waals surface area contributed by atoms with Crippen molar-refractivity contribution in [2.24, 2.45) is 0 Å². The van der Waals surface area contributed by atoms with Crippen LogP contribution in [0.25, 0.3) is 0 Å². The van der Waals surface area contributed by atoms with Crippen LogP contribution in [0.15, 0.2) is 0 Å². The molecular weight excluding hydrogens is 226 g/mol. The van der Waals surface area contributed by atoms with Gasteiger partial charge in [-0.3, -0.25) is 0 Å². The zero-order valence-corrected chi connectivity index (χ0v) is 11.8. The molecule has 1 fully saturated rings. The molecule has 18 heavy (non-hydrogen) atoms. The lowest BCUT2D eigenvalue weighted by Crippen LogP contribution is -2.28. The molecule has 0 atom stereocenters. The zero-order chi connectivity index (χ0) is 13.2. The molecule has 4 heteroatoms. The molecule has 0 bridgehead atoms.